The quantitative estimate of drug-likeness (QED) is 0.881. The van der Waals surface area contributed by atoms with Crippen molar-refractivity contribution < 1.29 is 4.74 Å². The van der Waals surface area contributed by atoms with Crippen LogP contribution in [0, 0.1) is 0 Å². The molecule has 1 heterocycles. The van der Waals surface area contributed by atoms with Crippen molar-refractivity contribution in [3.63, 3.8) is 0 Å². The fourth-order valence-electron chi connectivity index (χ4n) is 1.74. The van der Waals surface area contributed by atoms with Gasteiger partial charge in [-0.05, 0) is 18.2 Å². The lowest BCUT2D eigenvalue weighted by Gasteiger charge is -2.14. The topological polar surface area (TPSA) is 74.2 Å². The molecule has 1 atom stereocenters. The van der Waals surface area contributed by atoms with Gasteiger partial charge in [0.25, 0.3) is 0 Å². The molecule has 0 fully saturated rings. The van der Waals surface area contributed by atoms with Crippen molar-refractivity contribution in [1.82, 2.24) is 4.98 Å². The van der Waals surface area contributed by atoms with Gasteiger partial charge in [0.1, 0.15) is 11.6 Å². The van der Waals surface area contributed by atoms with Gasteiger partial charge in [-0.3, -0.25) is 0 Å². The summed E-state index contributed by atoms with van der Waals surface area (Å²) in [4.78, 5) is 3.99. The molecule has 1 aromatic carbocycles. The highest BCUT2D eigenvalue weighted by Crippen LogP contribution is 2.23. The first kappa shape index (κ1) is 13.6. The van der Waals surface area contributed by atoms with Gasteiger partial charge in [0, 0.05) is 24.2 Å². The lowest BCUT2D eigenvalue weighted by Crippen LogP contribution is -2.16. The van der Waals surface area contributed by atoms with Crippen LogP contribution in [0.5, 0.6) is 5.75 Å². The minimum Gasteiger partial charge on any atom is -0.494 e. The molecule has 1 aromatic heterocycles. The van der Waals surface area contributed by atoms with Gasteiger partial charge in [0.15, 0.2) is 0 Å². The average molecular weight is 278 g/mol. The van der Waals surface area contributed by atoms with Crippen LogP contribution >= 0.6 is 11.6 Å². The van der Waals surface area contributed by atoms with E-state index in [0.717, 1.165) is 11.3 Å². The van der Waals surface area contributed by atoms with E-state index in [1.54, 1.807) is 6.07 Å². The highest BCUT2D eigenvalue weighted by Gasteiger charge is 2.11. The second kappa shape index (κ2) is 6.41. The maximum absolute atomic E-state index is 6.07. The SMILES string of the molecule is Nc1ncc(Cl)cc1C(N)CCOc1ccccc1. The first-order chi connectivity index (χ1) is 9.16. The number of aromatic nitrogens is 1. The number of pyridine rings is 1. The van der Waals surface area contributed by atoms with Crippen LogP contribution < -0.4 is 16.2 Å². The summed E-state index contributed by atoms with van der Waals surface area (Å²) >= 11 is 5.89. The van der Waals surface area contributed by atoms with Crippen LogP contribution in [0.3, 0.4) is 0 Å². The van der Waals surface area contributed by atoms with Crippen LogP contribution in [0.1, 0.15) is 18.0 Å². The summed E-state index contributed by atoms with van der Waals surface area (Å²) < 4.78 is 5.59. The van der Waals surface area contributed by atoms with Crippen molar-refractivity contribution in [2.24, 2.45) is 5.73 Å². The Hall–Kier alpha value is -1.78. The molecular formula is C14H16ClN3O. The van der Waals surface area contributed by atoms with Gasteiger partial charge in [-0.2, -0.15) is 0 Å². The van der Waals surface area contributed by atoms with Crippen molar-refractivity contribution >= 4 is 17.4 Å². The molecule has 0 aliphatic rings. The van der Waals surface area contributed by atoms with E-state index >= 15 is 0 Å². The Balaban J connectivity index is 1.91. The van der Waals surface area contributed by atoms with Gasteiger partial charge in [0.05, 0.1) is 11.6 Å². The number of ether oxygens (including phenoxy) is 1. The fraction of sp³-hybridized carbons (Fsp3) is 0.214. The number of rotatable bonds is 5. The number of nitrogens with zero attached hydrogens (tertiary/aromatic N) is 1. The maximum atomic E-state index is 6.07. The molecule has 4 N–H and O–H groups in total. The number of halogens is 1. The van der Waals surface area contributed by atoms with E-state index in [9.17, 15) is 0 Å². The molecule has 0 radical (unpaired) electrons. The second-order valence-electron chi connectivity index (χ2n) is 4.18. The lowest BCUT2D eigenvalue weighted by atomic mass is 10.1. The molecule has 1 unspecified atom stereocenters. The highest BCUT2D eigenvalue weighted by molar-refractivity contribution is 6.30. The average Bonchev–Trinajstić information content (AvgIpc) is 2.42. The van der Waals surface area contributed by atoms with Crippen LogP contribution in [0.25, 0.3) is 0 Å². The van der Waals surface area contributed by atoms with Gasteiger partial charge in [0.2, 0.25) is 0 Å². The van der Waals surface area contributed by atoms with Crippen LogP contribution in [0.2, 0.25) is 5.02 Å². The molecule has 2 aromatic rings. The minimum atomic E-state index is -0.241. The molecule has 19 heavy (non-hydrogen) atoms. The van der Waals surface area contributed by atoms with Crippen molar-refractivity contribution in [1.29, 1.82) is 0 Å². The number of nitrogens with two attached hydrogens (primary N) is 2. The molecule has 0 aliphatic carbocycles. The van der Waals surface area contributed by atoms with Crippen molar-refractivity contribution in [2.45, 2.75) is 12.5 Å². The molecule has 0 saturated carbocycles. The number of para-hydroxylation sites is 1. The zero-order chi connectivity index (χ0) is 13.7. The zero-order valence-electron chi connectivity index (χ0n) is 10.4. The molecule has 0 saturated heterocycles. The predicted molar refractivity (Wildman–Crippen MR) is 77.1 cm³/mol. The normalized spacial score (nSPS) is 12.1. The van der Waals surface area contributed by atoms with E-state index < -0.39 is 0 Å². The van der Waals surface area contributed by atoms with Crippen LogP contribution in [0.4, 0.5) is 5.82 Å². The van der Waals surface area contributed by atoms with Crippen molar-refractivity contribution in [3.8, 4) is 5.75 Å². The number of nitrogen functional groups attached to an aromatic ring is 1. The first-order valence-electron chi connectivity index (χ1n) is 6.01. The third-order valence-electron chi connectivity index (χ3n) is 2.76. The van der Waals surface area contributed by atoms with Gasteiger partial charge < -0.3 is 16.2 Å². The molecule has 0 aliphatic heterocycles. The van der Waals surface area contributed by atoms with Gasteiger partial charge >= 0.3 is 0 Å². The second-order valence-corrected chi connectivity index (χ2v) is 4.62. The van der Waals surface area contributed by atoms with E-state index in [4.69, 9.17) is 27.8 Å². The molecule has 2 rings (SSSR count). The largest absolute Gasteiger partial charge is 0.494 e. The molecule has 0 amide bonds. The summed E-state index contributed by atoms with van der Waals surface area (Å²) in [6.45, 7) is 0.511. The summed E-state index contributed by atoms with van der Waals surface area (Å²) in [6, 6.07) is 11.1. The predicted octanol–water partition coefficient (Wildman–Crippen LogP) is 2.79. The van der Waals surface area contributed by atoms with E-state index in [2.05, 4.69) is 4.98 Å². The smallest absolute Gasteiger partial charge is 0.128 e. The Morgan fingerprint density at radius 3 is 2.74 bits per heavy atom. The van der Waals surface area contributed by atoms with Crippen molar-refractivity contribution in [2.75, 3.05) is 12.3 Å². The number of benzene rings is 1. The Morgan fingerprint density at radius 1 is 1.26 bits per heavy atom. The molecule has 0 spiro atoms. The van der Waals surface area contributed by atoms with Gasteiger partial charge in [-0.25, -0.2) is 4.98 Å². The Morgan fingerprint density at radius 2 is 2.00 bits per heavy atom. The Labute approximate surface area is 117 Å². The van der Waals surface area contributed by atoms with Crippen LogP contribution in [-0.4, -0.2) is 11.6 Å². The maximum Gasteiger partial charge on any atom is 0.128 e. The Kier molecular flexibility index (Phi) is 4.60. The standard InChI is InChI=1S/C14H16ClN3O/c15-10-8-12(14(17)18-9-10)13(16)6-7-19-11-4-2-1-3-5-11/h1-5,8-9,13H,6-7,16H2,(H2,17,18). The summed E-state index contributed by atoms with van der Waals surface area (Å²) in [5.74, 6) is 1.24. The van der Waals surface area contributed by atoms with E-state index in [1.807, 2.05) is 30.3 Å². The Bertz CT molecular complexity index is 533. The summed E-state index contributed by atoms with van der Waals surface area (Å²) in [7, 11) is 0. The first-order valence-corrected chi connectivity index (χ1v) is 6.39. The number of hydrogen-bond acceptors (Lipinski definition) is 4. The summed E-state index contributed by atoms with van der Waals surface area (Å²) in [5, 5.41) is 0.531. The highest BCUT2D eigenvalue weighted by atomic mass is 35.5. The monoisotopic (exact) mass is 277 g/mol. The van der Waals surface area contributed by atoms with Crippen molar-refractivity contribution in [3.05, 3.63) is 53.2 Å². The van der Waals surface area contributed by atoms with Crippen LogP contribution in [0.15, 0.2) is 42.6 Å². The number of anilines is 1. The van der Waals surface area contributed by atoms with Crippen LogP contribution in [-0.2, 0) is 0 Å². The fourth-order valence-corrected chi connectivity index (χ4v) is 1.90. The summed E-state index contributed by atoms with van der Waals surface area (Å²) in [5.41, 5.74) is 12.6. The van der Waals surface area contributed by atoms with Gasteiger partial charge in [-0.1, -0.05) is 29.8 Å². The lowest BCUT2D eigenvalue weighted by molar-refractivity contribution is 0.298. The third-order valence-corrected chi connectivity index (χ3v) is 2.96. The molecule has 0 bridgehead atoms. The van der Waals surface area contributed by atoms with E-state index in [1.165, 1.54) is 6.20 Å². The van der Waals surface area contributed by atoms with Gasteiger partial charge in [-0.15, -0.1) is 0 Å². The summed E-state index contributed by atoms with van der Waals surface area (Å²) in [6.07, 6.45) is 2.15. The molecule has 5 heteroatoms. The van der Waals surface area contributed by atoms with E-state index in [0.29, 0.717) is 23.9 Å². The molecule has 4 nitrogen and oxygen atoms in total. The minimum absolute atomic E-state index is 0.241. The number of hydrogen-bond donors (Lipinski definition) is 2. The van der Waals surface area contributed by atoms with E-state index in [-0.39, 0.29) is 6.04 Å². The third kappa shape index (κ3) is 3.84. The molecule has 100 valence electrons. The molecular weight excluding hydrogens is 262 g/mol. The zero-order valence-corrected chi connectivity index (χ0v) is 11.2.